The lowest BCUT2D eigenvalue weighted by molar-refractivity contribution is -0.117. The fraction of sp³-hybridized carbons (Fsp3) is 0.250. The van der Waals surface area contributed by atoms with Gasteiger partial charge in [0, 0.05) is 0 Å². The van der Waals surface area contributed by atoms with Crippen molar-refractivity contribution in [2.24, 2.45) is 0 Å². The van der Waals surface area contributed by atoms with E-state index in [2.05, 4.69) is 11.9 Å². The monoisotopic (exact) mass is 152 g/mol. The topological polar surface area (TPSA) is 84.3 Å². The molecule has 1 unspecified atom stereocenters. The summed E-state index contributed by atoms with van der Waals surface area (Å²) >= 11 is 0. The molecule has 0 saturated carbocycles. The van der Waals surface area contributed by atoms with Gasteiger partial charge < -0.3 is 16.6 Å². The zero-order valence-electron chi connectivity index (χ0n) is 5.26. The average Bonchev–Trinajstić information content (AvgIpc) is 1.68. The van der Waals surface area contributed by atoms with E-state index >= 15 is 0 Å². The molecule has 0 saturated heterocycles. The molecule has 5 N–H and O–H groups in total. The number of aliphatic hydroxyl groups excluding tert-OH is 1. The molecule has 0 aliphatic heterocycles. The van der Waals surface area contributed by atoms with Gasteiger partial charge >= 0.3 is 0 Å². The predicted octanol–water partition coefficient (Wildman–Crippen LogP) is -0.542. The molecule has 0 aliphatic carbocycles. The number of aliphatic hydroxyl groups is 1. The Morgan fingerprint density at radius 2 is 2.22 bits per heavy atom. The van der Waals surface area contributed by atoms with Gasteiger partial charge in [-0.15, -0.1) is 0 Å². The first-order valence-corrected chi connectivity index (χ1v) is 1.82. The predicted molar refractivity (Wildman–Crippen MR) is 41.6 cm³/mol. The van der Waals surface area contributed by atoms with Crippen molar-refractivity contribution in [2.75, 3.05) is 6.73 Å². The average molecular weight is 152 g/mol. The minimum Gasteiger partial charge on any atom is -0.376 e. The molecule has 0 aromatic rings. The van der Waals surface area contributed by atoms with Crippen LogP contribution in [0.4, 0.5) is 0 Å². The second kappa shape index (κ2) is 10.5. The molecule has 0 rings (SSSR count). The van der Waals surface area contributed by atoms with E-state index in [1.165, 1.54) is 0 Å². The number of hydrogen-bond acceptors (Lipinski definition) is 3. The molecular formula is C4H13N2O2P. The highest BCUT2D eigenvalue weighted by Crippen LogP contribution is 1.59. The molecule has 1 atom stereocenters. The van der Waals surface area contributed by atoms with E-state index in [9.17, 15) is 4.79 Å². The third kappa shape index (κ3) is 11.2. The van der Waals surface area contributed by atoms with Gasteiger partial charge in [-0.1, -0.05) is 6.58 Å². The highest BCUT2D eigenvalue weighted by Gasteiger charge is 1.84. The van der Waals surface area contributed by atoms with Crippen molar-refractivity contribution in [1.29, 1.82) is 0 Å². The summed E-state index contributed by atoms with van der Waals surface area (Å²) in [6, 6.07) is 0. The van der Waals surface area contributed by atoms with Gasteiger partial charge in [0.2, 0.25) is 5.91 Å². The van der Waals surface area contributed by atoms with Crippen molar-refractivity contribution in [3.05, 3.63) is 12.7 Å². The van der Waals surface area contributed by atoms with Gasteiger partial charge in [-0.3, -0.25) is 4.79 Å². The Kier molecular flexibility index (Phi) is 18.5. The van der Waals surface area contributed by atoms with Crippen LogP contribution in [0.1, 0.15) is 0 Å². The lowest BCUT2D eigenvalue weighted by atomic mass is 10.6. The number of carbonyl (C=O) groups is 1. The maximum Gasteiger partial charge on any atom is 0.245 e. The molecule has 5 heteroatoms. The van der Waals surface area contributed by atoms with Crippen molar-refractivity contribution >= 4 is 15.8 Å². The molecule has 1 amide bonds. The number of rotatable bonds is 2. The van der Waals surface area contributed by atoms with E-state index in [1.54, 1.807) is 0 Å². The molecule has 9 heavy (non-hydrogen) atoms. The Balaban J connectivity index is -0.000000180. The van der Waals surface area contributed by atoms with Crippen LogP contribution in [-0.4, -0.2) is 17.7 Å². The molecular weight excluding hydrogens is 139 g/mol. The minimum absolute atomic E-state index is 0. The molecule has 0 fully saturated rings. The summed E-state index contributed by atoms with van der Waals surface area (Å²) in [5.74, 6) is -0.359. The van der Waals surface area contributed by atoms with Gasteiger partial charge in [0.1, 0.15) is 6.73 Å². The molecule has 4 nitrogen and oxygen atoms in total. The van der Waals surface area contributed by atoms with E-state index in [-0.39, 0.29) is 28.7 Å². The Hall–Kier alpha value is -0.440. The smallest absolute Gasteiger partial charge is 0.245 e. The first-order valence-electron chi connectivity index (χ1n) is 1.82. The van der Waals surface area contributed by atoms with E-state index in [4.69, 9.17) is 5.11 Å². The minimum atomic E-state index is -0.359. The van der Waals surface area contributed by atoms with Crippen LogP contribution in [0.25, 0.3) is 0 Å². The summed E-state index contributed by atoms with van der Waals surface area (Å²) in [5.41, 5.74) is 0. The molecule has 0 heterocycles. The van der Waals surface area contributed by atoms with Gasteiger partial charge in [-0.2, -0.15) is 9.90 Å². The molecule has 0 bridgehead atoms. The van der Waals surface area contributed by atoms with Gasteiger partial charge in [0.05, 0.1) is 0 Å². The Morgan fingerprint density at radius 3 is 2.33 bits per heavy atom. The summed E-state index contributed by atoms with van der Waals surface area (Å²) in [6.45, 7) is 2.83. The largest absolute Gasteiger partial charge is 0.376 e. The zero-order chi connectivity index (χ0) is 5.70. The number of carbonyl (C=O) groups excluding carboxylic acids is 1. The fourth-order valence-electron chi connectivity index (χ4n) is 0.150. The second-order valence-electron chi connectivity index (χ2n) is 0.903. The number of amides is 1. The molecule has 0 spiro atoms. The molecule has 0 aliphatic rings. The fourth-order valence-corrected chi connectivity index (χ4v) is 0.150. The van der Waals surface area contributed by atoms with Crippen LogP contribution >= 0.6 is 9.90 Å². The van der Waals surface area contributed by atoms with Gasteiger partial charge in [-0.25, -0.2) is 0 Å². The molecule has 0 radical (unpaired) electrons. The Morgan fingerprint density at radius 1 is 1.78 bits per heavy atom. The van der Waals surface area contributed by atoms with Gasteiger partial charge in [0.25, 0.3) is 0 Å². The maximum absolute atomic E-state index is 10.0. The summed E-state index contributed by atoms with van der Waals surface area (Å²) in [5, 5.41) is 10.1. The Bertz CT molecular complexity index is 86.6. The van der Waals surface area contributed by atoms with Crippen LogP contribution in [0.15, 0.2) is 12.7 Å². The SMILES string of the molecule is C=CC(=O)NCO.N.P. The van der Waals surface area contributed by atoms with E-state index in [0.29, 0.717) is 0 Å². The van der Waals surface area contributed by atoms with Crippen molar-refractivity contribution in [2.45, 2.75) is 0 Å². The summed E-state index contributed by atoms with van der Waals surface area (Å²) < 4.78 is 0. The zero-order valence-corrected chi connectivity index (χ0v) is 6.68. The van der Waals surface area contributed by atoms with Crippen LogP contribution in [0, 0.1) is 0 Å². The molecule has 0 aromatic heterocycles. The summed E-state index contributed by atoms with van der Waals surface area (Å²) in [6.07, 6.45) is 1.09. The summed E-state index contributed by atoms with van der Waals surface area (Å²) in [4.78, 5) is 10.0. The van der Waals surface area contributed by atoms with Crippen LogP contribution in [0.2, 0.25) is 0 Å². The molecule has 0 aromatic carbocycles. The van der Waals surface area contributed by atoms with Crippen LogP contribution in [-0.2, 0) is 4.79 Å². The normalized spacial score (nSPS) is 5.89. The van der Waals surface area contributed by atoms with Crippen molar-refractivity contribution < 1.29 is 9.90 Å². The third-order valence-corrected chi connectivity index (χ3v) is 0.439. The van der Waals surface area contributed by atoms with Crippen molar-refractivity contribution in [3.8, 4) is 0 Å². The van der Waals surface area contributed by atoms with E-state index < -0.39 is 0 Å². The van der Waals surface area contributed by atoms with Crippen LogP contribution < -0.4 is 11.5 Å². The number of nitrogens with one attached hydrogen (secondary N) is 1. The second-order valence-corrected chi connectivity index (χ2v) is 0.903. The standard InChI is InChI=1S/C4H7NO2.H3N.H3P/c1-2-4(7)5-3-6;;/h2,6H,1,3H2,(H,5,7);2*1H3. The van der Waals surface area contributed by atoms with Gasteiger partial charge in [0.15, 0.2) is 0 Å². The van der Waals surface area contributed by atoms with Crippen molar-refractivity contribution in [3.63, 3.8) is 0 Å². The quantitative estimate of drug-likeness (QED) is 0.282. The first kappa shape index (κ1) is 15.8. The van der Waals surface area contributed by atoms with Gasteiger partial charge in [-0.05, 0) is 6.08 Å². The van der Waals surface area contributed by atoms with E-state index in [1.807, 2.05) is 0 Å². The molecule has 56 valence electrons. The summed E-state index contributed by atoms with van der Waals surface area (Å²) in [7, 11) is 0. The number of hydrogen-bond donors (Lipinski definition) is 3. The van der Waals surface area contributed by atoms with Crippen LogP contribution in [0.5, 0.6) is 0 Å². The van der Waals surface area contributed by atoms with Crippen LogP contribution in [0.3, 0.4) is 0 Å². The highest BCUT2D eigenvalue weighted by atomic mass is 31.0. The lowest BCUT2D eigenvalue weighted by Crippen LogP contribution is -2.20. The Labute approximate surface area is 57.5 Å². The third-order valence-electron chi connectivity index (χ3n) is 0.439. The lowest BCUT2D eigenvalue weighted by Gasteiger charge is -1.89. The van der Waals surface area contributed by atoms with Crippen molar-refractivity contribution in [1.82, 2.24) is 11.5 Å². The highest BCUT2D eigenvalue weighted by molar-refractivity contribution is 6.92. The maximum atomic E-state index is 10.0. The first-order chi connectivity index (χ1) is 3.31. The van der Waals surface area contributed by atoms with E-state index in [0.717, 1.165) is 6.08 Å².